The Morgan fingerprint density at radius 2 is 1.89 bits per heavy atom. The van der Waals surface area contributed by atoms with Crippen molar-refractivity contribution in [1.82, 2.24) is 4.90 Å². The number of carbonyl (C=O) groups is 2. The SMILES string of the molecule is COc1ccc(N2CC(C(=O)N3CCCCC3C3OCCO3)CC2=O)cc1. The summed E-state index contributed by atoms with van der Waals surface area (Å²) in [6.07, 6.45) is 2.86. The van der Waals surface area contributed by atoms with Crippen LogP contribution in [0.15, 0.2) is 24.3 Å². The second-order valence-corrected chi connectivity index (χ2v) is 7.31. The van der Waals surface area contributed by atoms with E-state index >= 15 is 0 Å². The zero-order valence-corrected chi connectivity index (χ0v) is 15.6. The van der Waals surface area contributed by atoms with E-state index in [2.05, 4.69) is 0 Å². The number of rotatable bonds is 4. The van der Waals surface area contributed by atoms with Gasteiger partial charge in [0.05, 0.1) is 32.3 Å². The van der Waals surface area contributed by atoms with Gasteiger partial charge in [0.25, 0.3) is 0 Å². The summed E-state index contributed by atoms with van der Waals surface area (Å²) in [6, 6.07) is 7.32. The molecule has 3 heterocycles. The van der Waals surface area contributed by atoms with Crippen molar-refractivity contribution >= 4 is 17.5 Å². The summed E-state index contributed by atoms with van der Waals surface area (Å²) in [6.45, 7) is 2.28. The average molecular weight is 374 g/mol. The predicted molar refractivity (Wildman–Crippen MR) is 98.5 cm³/mol. The fourth-order valence-electron chi connectivity index (χ4n) is 4.23. The number of carbonyl (C=O) groups excluding carboxylic acids is 2. The molecule has 0 N–H and O–H groups in total. The van der Waals surface area contributed by atoms with Gasteiger partial charge in [-0.1, -0.05) is 0 Å². The average Bonchev–Trinajstić information content (AvgIpc) is 3.37. The van der Waals surface area contributed by atoms with Crippen molar-refractivity contribution in [2.75, 3.05) is 38.3 Å². The van der Waals surface area contributed by atoms with Gasteiger partial charge < -0.3 is 24.0 Å². The monoisotopic (exact) mass is 374 g/mol. The van der Waals surface area contributed by atoms with Crippen LogP contribution in [0.2, 0.25) is 0 Å². The number of hydrogen-bond acceptors (Lipinski definition) is 5. The molecule has 0 aliphatic carbocycles. The minimum absolute atomic E-state index is 0.0135. The normalized spacial score (nSPS) is 26.6. The second-order valence-electron chi connectivity index (χ2n) is 7.31. The first-order chi connectivity index (χ1) is 13.2. The van der Waals surface area contributed by atoms with Crippen LogP contribution in [-0.4, -0.2) is 62.5 Å². The Kier molecular flexibility index (Phi) is 5.31. The molecule has 4 rings (SSSR count). The van der Waals surface area contributed by atoms with Crippen LogP contribution in [0.3, 0.4) is 0 Å². The second kappa shape index (κ2) is 7.86. The molecule has 2 amide bonds. The van der Waals surface area contributed by atoms with Crippen molar-refractivity contribution in [1.29, 1.82) is 0 Å². The first kappa shape index (κ1) is 18.3. The van der Waals surface area contributed by atoms with Gasteiger partial charge in [0.15, 0.2) is 6.29 Å². The number of hydrogen-bond donors (Lipinski definition) is 0. The first-order valence-electron chi connectivity index (χ1n) is 9.65. The molecule has 0 bridgehead atoms. The standard InChI is InChI=1S/C20H26N2O5/c1-25-16-7-5-15(6-8-16)22-13-14(12-18(22)23)19(24)21-9-3-2-4-17(21)20-26-10-11-27-20/h5-8,14,17,20H,2-4,9-13H2,1H3. The van der Waals surface area contributed by atoms with Gasteiger partial charge in [0.2, 0.25) is 11.8 Å². The van der Waals surface area contributed by atoms with E-state index in [1.54, 1.807) is 12.0 Å². The number of anilines is 1. The number of methoxy groups -OCH3 is 1. The molecule has 3 aliphatic heterocycles. The number of piperidine rings is 1. The van der Waals surface area contributed by atoms with Crippen LogP contribution in [0, 0.1) is 5.92 Å². The van der Waals surface area contributed by atoms with Gasteiger partial charge in [0, 0.05) is 25.2 Å². The largest absolute Gasteiger partial charge is 0.497 e. The maximum Gasteiger partial charge on any atom is 0.228 e. The molecule has 1 aromatic carbocycles. The van der Waals surface area contributed by atoms with Crippen LogP contribution in [0.25, 0.3) is 0 Å². The Hall–Kier alpha value is -2.12. The minimum Gasteiger partial charge on any atom is -0.497 e. The van der Waals surface area contributed by atoms with Gasteiger partial charge in [-0.15, -0.1) is 0 Å². The Balaban J connectivity index is 1.46. The highest BCUT2D eigenvalue weighted by molar-refractivity contribution is 6.00. The van der Waals surface area contributed by atoms with E-state index < -0.39 is 0 Å². The summed E-state index contributed by atoms with van der Waals surface area (Å²) in [5.74, 6) is 0.455. The van der Waals surface area contributed by atoms with Gasteiger partial charge >= 0.3 is 0 Å². The molecule has 2 unspecified atom stereocenters. The zero-order valence-electron chi connectivity index (χ0n) is 15.6. The van der Waals surface area contributed by atoms with Crippen molar-refractivity contribution in [3.63, 3.8) is 0 Å². The predicted octanol–water partition coefficient (Wildman–Crippen LogP) is 1.80. The summed E-state index contributed by atoms with van der Waals surface area (Å²) in [5.41, 5.74) is 0.800. The van der Waals surface area contributed by atoms with Gasteiger partial charge in [-0.25, -0.2) is 0 Å². The molecule has 3 saturated heterocycles. The lowest BCUT2D eigenvalue weighted by molar-refractivity contribution is -0.154. The van der Waals surface area contributed by atoms with Crippen molar-refractivity contribution in [2.24, 2.45) is 5.92 Å². The Labute approximate surface area is 159 Å². The van der Waals surface area contributed by atoms with E-state index in [-0.39, 0.29) is 36.5 Å². The Morgan fingerprint density at radius 1 is 1.15 bits per heavy atom. The molecule has 146 valence electrons. The fourth-order valence-corrected chi connectivity index (χ4v) is 4.23. The molecule has 0 saturated carbocycles. The van der Waals surface area contributed by atoms with Crippen LogP contribution < -0.4 is 9.64 Å². The van der Waals surface area contributed by atoms with Crippen molar-refractivity contribution in [2.45, 2.75) is 38.0 Å². The summed E-state index contributed by atoms with van der Waals surface area (Å²) < 4.78 is 16.5. The van der Waals surface area contributed by atoms with Crippen LogP contribution in [0.1, 0.15) is 25.7 Å². The molecule has 7 heteroatoms. The number of likely N-dealkylation sites (tertiary alicyclic amines) is 1. The van der Waals surface area contributed by atoms with E-state index in [9.17, 15) is 9.59 Å². The molecule has 1 aromatic rings. The zero-order chi connectivity index (χ0) is 18.8. The van der Waals surface area contributed by atoms with Crippen LogP contribution in [0.5, 0.6) is 5.75 Å². The molecule has 0 radical (unpaired) electrons. The van der Waals surface area contributed by atoms with Gasteiger partial charge in [-0.05, 0) is 43.5 Å². The Morgan fingerprint density at radius 3 is 2.59 bits per heavy atom. The maximum atomic E-state index is 13.2. The van der Waals surface area contributed by atoms with Crippen molar-refractivity contribution < 1.29 is 23.8 Å². The number of nitrogens with zero attached hydrogens (tertiary/aromatic N) is 2. The summed E-state index contributed by atoms with van der Waals surface area (Å²) in [4.78, 5) is 29.3. The first-order valence-corrected chi connectivity index (χ1v) is 9.65. The molecule has 3 fully saturated rings. The summed E-state index contributed by atoms with van der Waals surface area (Å²) >= 11 is 0. The lowest BCUT2D eigenvalue weighted by atomic mass is 9.98. The minimum atomic E-state index is -0.330. The van der Waals surface area contributed by atoms with Gasteiger partial charge in [-0.2, -0.15) is 0 Å². The van der Waals surface area contributed by atoms with E-state index in [1.165, 1.54) is 0 Å². The highest BCUT2D eigenvalue weighted by Crippen LogP contribution is 2.31. The summed E-state index contributed by atoms with van der Waals surface area (Å²) in [5, 5.41) is 0. The maximum absolute atomic E-state index is 13.2. The number of ether oxygens (including phenoxy) is 3. The molecular weight excluding hydrogens is 348 g/mol. The molecule has 2 atom stereocenters. The smallest absolute Gasteiger partial charge is 0.228 e. The third-order valence-electron chi connectivity index (χ3n) is 5.65. The van der Waals surface area contributed by atoms with E-state index in [1.807, 2.05) is 29.2 Å². The number of amides is 2. The summed E-state index contributed by atoms with van der Waals surface area (Å²) in [7, 11) is 1.61. The lowest BCUT2D eigenvalue weighted by Gasteiger charge is -2.39. The third kappa shape index (κ3) is 3.66. The Bertz CT molecular complexity index is 686. The molecule has 27 heavy (non-hydrogen) atoms. The van der Waals surface area contributed by atoms with E-state index in [4.69, 9.17) is 14.2 Å². The lowest BCUT2D eigenvalue weighted by Crippen LogP contribution is -2.52. The van der Waals surface area contributed by atoms with Crippen LogP contribution in [-0.2, 0) is 19.1 Å². The van der Waals surface area contributed by atoms with Crippen molar-refractivity contribution in [3.8, 4) is 5.75 Å². The fraction of sp³-hybridized carbons (Fsp3) is 0.600. The highest BCUT2D eigenvalue weighted by Gasteiger charge is 2.42. The van der Waals surface area contributed by atoms with Gasteiger partial charge in [-0.3, -0.25) is 9.59 Å². The molecule has 7 nitrogen and oxygen atoms in total. The van der Waals surface area contributed by atoms with Crippen LogP contribution >= 0.6 is 0 Å². The molecular formula is C20H26N2O5. The quantitative estimate of drug-likeness (QED) is 0.804. The molecule has 0 aromatic heterocycles. The van der Waals surface area contributed by atoms with Gasteiger partial charge in [0.1, 0.15) is 5.75 Å². The van der Waals surface area contributed by atoms with E-state index in [0.29, 0.717) is 26.3 Å². The van der Waals surface area contributed by atoms with E-state index in [0.717, 1.165) is 30.7 Å². The van der Waals surface area contributed by atoms with Crippen LogP contribution in [0.4, 0.5) is 5.69 Å². The van der Waals surface area contributed by atoms with Crippen molar-refractivity contribution in [3.05, 3.63) is 24.3 Å². The third-order valence-corrected chi connectivity index (χ3v) is 5.65. The number of benzene rings is 1. The molecule has 3 aliphatic rings. The topological polar surface area (TPSA) is 68.3 Å². The molecule has 0 spiro atoms. The highest BCUT2D eigenvalue weighted by atomic mass is 16.7.